The summed E-state index contributed by atoms with van der Waals surface area (Å²) in [5, 5.41) is 8.06. The topological polar surface area (TPSA) is 89.3 Å². The summed E-state index contributed by atoms with van der Waals surface area (Å²) >= 11 is 1.64. The van der Waals surface area contributed by atoms with E-state index in [9.17, 15) is 9.18 Å². The molecular weight excluding hydrogens is 572 g/mol. The molecule has 7 nitrogen and oxygen atoms in total. The van der Waals surface area contributed by atoms with E-state index in [0.29, 0.717) is 40.6 Å². The number of aromatic nitrogens is 2. The summed E-state index contributed by atoms with van der Waals surface area (Å²) in [4.78, 5) is 23.1. The number of anilines is 1. The molecule has 3 aromatic heterocycles. The van der Waals surface area contributed by atoms with Gasteiger partial charge in [-0.15, -0.1) is 22.4 Å². The second-order valence-electron chi connectivity index (χ2n) is 13.0. The molecule has 0 fully saturated rings. The van der Waals surface area contributed by atoms with Gasteiger partial charge in [-0.05, 0) is 45.1 Å². The number of nitrogens with zero attached hydrogens (tertiary/aromatic N) is 2. The second-order valence-corrected chi connectivity index (χ2v) is 23.6. The molecule has 3 heterocycles. The zero-order chi connectivity index (χ0) is 30.6. The van der Waals surface area contributed by atoms with Crippen molar-refractivity contribution in [2.75, 3.05) is 5.32 Å². The van der Waals surface area contributed by atoms with Crippen molar-refractivity contribution in [1.29, 1.82) is 0 Å². The number of furan rings is 1. The summed E-state index contributed by atoms with van der Waals surface area (Å²) in [6.45, 7) is 20.1. The van der Waals surface area contributed by atoms with Crippen molar-refractivity contribution in [3.63, 3.8) is 0 Å². The third-order valence-corrected chi connectivity index (χ3v) is 8.02. The van der Waals surface area contributed by atoms with E-state index >= 15 is 0 Å². The molecular formula is C30H41FN4O3SSi2. The smallest absolute Gasteiger partial charge is 0.407 e. The molecule has 0 radical (unpaired) electrons. The molecule has 220 valence electrons. The largest absolute Gasteiger partial charge is 0.454 e. The monoisotopic (exact) mass is 612 g/mol. The van der Waals surface area contributed by atoms with Crippen LogP contribution in [0.1, 0.15) is 49.7 Å². The highest BCUT2D eigenvalue weighted by Crippen LogP contribution is 2.31. The van der Waals surface area contributed by atoms with Gasteiger partial charge in [-0.1, -0.05) is 51.3 Å². The van der Waals surface area contributed by atoms with Gasteiger partial charge in [0.15, 0.2) is 11.4 Å². The molecule has 1 amide bonds. The van der Waals surface area contributed by atoms with Gasteiger partial charge in [-0.25, -0.2) is 14.2 Å². The average molecular weight is 613 g/mol. The molecule has 3 rings (SSSR count). The molecule has 0 aliphatic rings. The Hall–Kier alpha value is -3.13. The number of carbonyl (C=O) groups excluding carboxylic acids is 1. The third kappa shape index (κ3) is 10.3. The van der Waals surface area contributed by atoms with Crippen LogP contribution in [0.25, 0.3) is 11.1 Å². The highest BCUT2D eigenvalue weighted by Gasteiger charge is 2.28. The van der Waals surface area contributed by atoms with Crippen molar-refractivity contribution >= 4 is 50.5 Å². The first-order valence-electron chi connectivity index (χ1n) is 13.7. The molecule has 0 unspecified atom stereocenters. The Bertz CT molecular complexity index is 1490. The maximum Gasteiger partial charge on any atom is 0.407 e. The minimum absolute atomic E-state index is 0.0588. The summed E-state index contributed by atoms with van der Waals surface area (Å²) in [5.41, 5.74) is 7.54. The summed E-state index contributed by atoms with van der Waals surface area (Å²) < 4.78 is 26.6. The van der Waals surface area contributed by atoms with Crippen LogP contribution in [0.3, 0.4) is 0 Å². The molecule has 0 saturated heterocycles. The van der Waals surface area contributed by atoms with Crippen LogP contribution in [0, 0.1) is 22.9 Å². The molecule has 41 heavy (non-hydrogen) atoms. The zero-order valence-electron chi connectivity index (χ0n) is 25.7. The Labute approximate surface area is 249 Å². The Morgan fingerprint density at radius 1 is 1.12 bits per heavy atom. The number of alkyl carbamates (subject to hydrolysis) is 1. The molecule has 0 aliphatic heterocycles. The van der Waals surface area contributed by atoms with E-state index in [-0.39, 0.29) is 6.42 Å². The fourth-order valence-corrected chi connectivity index (χ4v) is 5.17. The van der Waals surface area contributed by atoms with Crippen LogP contribution in [-0.2, 0) is 17.7 Å². The minimum atomic E-state index is -1.80. The zero-order valence-corrected chi connectivity index (χ0v) is 28.5. The molecule has 0 bridgehead atoms. The van der Waals surface area contributed by atoms with Crippen molar-refractivity contribution in [2.45, 2.75) is 97.8 Å². The van der Waals surface area contributed by atoms with Crippen LogP contribution in [0.4, 0.5) is 15.0 Å². The van der Waals surface area contributed by atoms with Crippen LogP contribution in [-0.4, -0.2) is 50.0 Å². The van der Waals surface area contributed by atoms with Gasteiger partial charge in [0.25, 0.3) is 0 Å². The quantitative estimate of drug-likeness (QED) is 0.218. The van der Waals surface area contributed by atoms with Crippen LogP contribution in [0.2, 0.25) is 39.3 Å². The number of thiophene rings is 1. The third-order valence-electron chi connectivity index (χ3n) is 5.39. The predicted octanol–water partition coefficient (Wildman–Crippen LogP) is 7.15. The Morgan fingerprint density at radius 3 is 2.34 bits per heavy atom. The van der Waals surface area contributed by atoms with Gasteiger partial charge >= 0.3 is 6.09 Å². The van der Waals surface area contributed by atoms with E-state index in [0.717, 1.165) is 4.88 Å². The van der Waals surface area contributed by atoms with Crippen molar-refractivity contribution in [2.24, 2.45) is 0 Å². The first-order chi connectivity index (χ1) is 18.9. The van der Waals surface area contributed by atoms with Gasteiger partial charge in [-0.2, -0.15) is 4.98 Å². The molecule has 0 spiro atoms. The number of rotatable bonds is 7. The van der Waals surface area contributed by atoms with Crippen molar-refractivity contribution in [3.05, 3.63) is 39.5 Å². The maximum absolute atomic E-state index is 14.8. The number of carbonyl (C=O) groups is 1. The number of ether oxygens (including phenoxy) is 1. The van der Waals surface area contributed by atoms with Gasteiger partial charge in [0, 0.05) is 11.3 Å². The van der Waals surface area contributed by atoms with Gasteiger partial charge in [0.1, 0.15) is 39.2 Å². The van der Waals surface area contributed by atoms with E-state index in [1.54, 1.807) is 32.1 Å². The molecule has 0 aromatic carbocycles. The molecule has 3 aromatic rings. The lowest BCUT2D eigenvalue weighted by Gasteiger charge is -2.24. The number of hydrogen-bond acceptors (Lipinski definition) is 7. The van der Waals surface area contributed by atoms with Gasteiger partial charge in [0.05, 0.1) is 18.2 Å². The SMILES string of the molecule is C[C@H](F)[C@@H](Cc1oc2c(NCc3cccs3)nc(C#C[Si](C)(C)C)nc2c1C#C[Si](C)(C)C)NC(=O)OC(C)(C)C. The number of fused-ring (bicyclic) bond motifs is 1. The van der Waals surface area contributed by atoms with E-state index in [2.05, 4.69) is 72.8 Å². The number of amides is 1. The van der Waals surface area contributed by atoms with E-state index < -0.39 is 40.1 Å². The van der Waals surface area contributed by atoms with Crippen molar-refractivity contribution in [1.82, 2.24) is 15.3 Å². The average Bonchev–Trinajstić information content (AvgIpc) is 3.45. The molecule has 11 heteroatoms. The van der Waals surface area contributed by atoms with E-state index in [1.165, 1.54) is 6.92 Å². The highest BCUT2D eigenvalue weighted by molar-refractivity contribution is 7.09. The first-order valence-corrected chi connectivity index (χ1v) is 21.6. The van der Waals surface area contributed by atoms with Crippen LogP contribution in [0.15, 0.2) is 21.9 Å². The lowest BCUT2D eigenvalue weighted by atomic mass is 10.1. The Kier molecular flexibility index (Phi) is 10.1. The van der Waals surface area contributed by atoms with Crippen molar-refractivity contribution < 1.29 is 18.3 Å². The van der Waals surface area contributed by atoms with Gasteiger partial charge in [-0.3, -0.25) is 0 Å². The number of alkyl halides is 1. The predicted molar refractivity (Wildman–Crippen MR) is 171 cm³/mol. The van der Waals surface area contributed by atoms with Crippen LogP contribution >= 0.6 is 11.3 Å². The number of nitrogens with one attached hydrogen (secondary N) is 2. The summed E-state index contributed by atoms with van der Waals surface area (Å²) in [7, 11) is -3.51. The van der Waals surface area contributed by atoms with Crippen LogP contribution in [0.5, 0.6) is 0 Å². The lowest BCUT2D eigenvalue weighted by molar-refractivity contribution is 0.0476. The molecule has 0 saturated carbocycles. The van der Waals surface area contributed by atoms with Gasteiger partial charge < -0.3 is 19.8 Å². The summed E-state index contributed by atoms with van der Waals surface area (Å²) in [6, 6.07) is 3.13. The van der Waals surface area contributed by atoms with Crippen molar-refractivity contribution in [3.8, 4) is 22.9 Å². The van der Waals surface area contributed by atoms with Crippen LogP contribution < -0.4 is 10.6 Å². The summed E-state index contributed by atoms with van der Waals surface area (Å²) in [5.74, 6) is 7.77. The fourth-order valence-electron chi connectivity index (χ4n) is 3.54. The molecule has 2 atom stereocenters. The Morgan fingerprint density at radius 2 is 1.78 bits per heavy atom. The van der Waals surface area contributed by atoms with E-state index in [4.69, 9.17) is 19.1 Å². The first kappa shape index (κ1) is 32.4. The number of hydrogen-bond donors (Lipinski definition) is 2. The second kappa shape index (κ2) is 12.8. The highest BCUT2D eigenvalue weighted by atomic mass is 32.1. The fraction of sp³-hybridized carbons (Fsp3) is 0.500. The normalized spacial score (nSPS) is 13.4. The minimum Gasteiger partial charge on any atom is -0.454 e. The van der Waals surface area contributed by atoms with Gasteiger partial charge in [0.2, 0.25) is 5.82 Å². The maximum atomic E-state index is 14.8. The van der Waals surface area contributed by atoms with E-state index in [1.807, 2.05) is 17.5 Å². The number of halogens is 1. The molecule has 2 N–H and O–H groups in total. The Balaban J connectivity index is 2.17. The standard InChI is InChI=1S/C30H41FN4O3SSi2/c1-20(31)23(33-29(36)38-30(2,3)4)18-24-22(13-16-40(5,6)7)26-27(37-24)28(32-19-21-12-11-15-39-21)35-25(34-26)14-17-41(8,9)10/h11-12,15,20,23H,18-19H2,1-10H3,(H,33,36)(H,32,34,35)/t20-,23+/m0/s1. The summed E-state index contributed by atoms with van der Waals surface area (Å²) in [6.07, 6.45) is -2.02. The molecule has 0 aliphatic carbocycles. The lowest BCUT2D eigenvalue weighted by Crippen LogP contribution is -2.44.